The smallest absolute Gasteiger partial charge is 0.149 e. The standard InChI is InChI=1S/C11H16ClN3O/c1-7-4-9(2-3-16-7)15-11-10(13)5-8(12)6-14-11/h5-7,9H,2-4,13H2,1H3,(H,14,15). The van der Waals surface area contributed by atoms with Gasteiger partial charge in [-0.25, -0.2) is 4.98 Å². The van der Waals surface area contributed by atoms with Crippen LogP contribution in [0.1, 0.15) is 19.8 Å². The lowest BCUT2D eigenvalue weighted by atomic mass is 10.0. The molecule has 0 radical (unpaired) electrons. The van der Waals surface area contributed by atoms with Crippen LogP contribution in [0.2, 0.25) is 5.02 Å². The lowest BCUT2D eigenvalue weighted by Crippen LogP contribution is -2.33. The Labute approximate surface area is 100 Å². The topological polar surface area (TPSA) is 60.2 Å². The van der Waals surface area contributed by atoms with Gasteiger partial charge in [0.15, 0.2) is 0 Å². The van der Waals surface area contributed by atoms with E-state index in [0.29, 0.717) is 28.7 Å². The summed E-state index contributed by atoms with van der Waals surface area (Å²) in [5.41, 5.74) is 6.42. The lowest BCUT2D eigenvalue weighted by molar-refractivity contribution is 0.0232. The van der Waals surface area contributed by atoms with Crippen molar-refractivity contribution in [3.63, 3.8) is 0 Å². The van der Waals surface area contributed by atoms with Crippen molar-refractivity contribution < 1.29 is 4.74 Å². The second-order valence-electron chi connectivity index (χ2n) is 4.14. The molecular weight excluding hydrogens is 226 g/mol. The molecular formula is C11H16ClN3O. The zero-order valence-electron chi connectivity index (χ0n) is 9.24. The number of nitrogens with zero attached hydrogens (tertiary/aromatic N) is 1. The van der Waals surface area contributed by atoms with Crippen LogP contribution in [0.3, 0.4) is 0 Å². The number of rotatable bonds is 2. The first kappa shape index (κ1) is 11.5. The highest BCUT2D eigenvalue weighted by Crippen LogP contribution is 2.23. The van der Waals surface area contributed by atoms with Gasteiger partial charge in [0.25, 0.3) is 0 Å². The molecule has 1 aromatic heterocycles. The number of nitrogens with one attached hydrogen (secondary N) is 1. The fraction of sp³-hybridized carbons (Fsp3) is 0.545. The molecule has 4 nitrogen and oxygen atoms in total. The van der Waals surface area contributed by atoms with E-state index in [1.807, 2.05) is 0 Å². The van der Waals surface area contributed by atoms with Gasteiger partial charge in [0, 0.05) is 18.8 Å². The number of aromatic nitrogens is 1. The van der Waals surface area contributed by atoms with E-state index < -0.39 is 0 Å². The Morgan fingerprint density at radius 1 is 1.62 bits per heavy atom. The Morgan fingerprint density at radius 2 is 2.44 bits per heavy atom. The fourth-order valence-electron chi connectivity index (χ4n) is 1.90. The normalized spacial score (nSPS) is 25.4. The molecule has 2 unspecified atom stereocenters. The number of nitrogen functional groups attached to an aromatic ring is 1. The maximum absolute atomic E-state index is 5.83. The average molecular weight is 242 g/mol. The third kappa shape index (κ3) is 2.77. The van der Waals surface area contributed by atoms with Crippen molar-refractivity contribution >= 4 is 23.1 Å². The molecule has 16 heavy (non-hydrogen) atoms. The number of anilines is 2. The third-order valence-electron chi connectivity index (χ3n) is 2.71. The fourth-order valence-corrected chi connectivity index (χ4v) is 2.06. The molecule has 3 N–H and O–H groups in total. The summed E-state index contributed by atoms with van der Waals surface area (Å²) in [7, 11) is 0. The van der Waals surface area contributed by atoms with Gasteiger partial charge in [-0.3, -0.25) is 0 Å². The van der Waals surface area contributed by atoms with E-state index in [-0.39, 0.29) is 0 Å². The minimum absolute atomic E-state index is 0.291. The average Bonchev–Trinajstić information content (AvgIpc) is 2.22. The molecule has 2 heterocycles. The Bertz CT molecular complexity index is 372. The third-order valence-corrected chi connectivity index (χ3v) is 2.92. The van der Waals surface area contributed by atoms with Crippen molar-refractivity contribution in [2.75, 3.05) is 17.7 Å². The van der Waals surface area contributed by atoms with Crippen LogP contribution in [-0.2, 0) is 4.74 Å². The van der Waals surface area contributed by atoms with Gasteiger partial charge < -0.3 is 15.8 Å². The van der Waals surface area contributed by atoms with Gasteiger partial charge in [-0.2, -0.15) is 0 Å². The second-order valence-corrected chi connectivity index (χ2v) is 4.57. The summed E-state index contributed by atoms with van der Waals surface area (Å²) < 4.78 is 5.48. The molecule has 0 spiro atoms. The minimum Gasteiger partial charge on any atom is -0.396 e. The van der Waals surface area contributed by atoms with Crippen LogP contribution in [0.25, 0.3) is 0 Å². The van der Waals surface area contributed by atoms with E-state index >= 15 is 0 Å². The molecule has 88 valence electrons. The van der Waals surface area contributed by atoms with Crippen molar-refractivity contribution in [1.29, 1.82) is 0 Å². The number of pyridine rings is 1. The largest absolute Gasteiger partial charge is 0.396 e. The molecule has 5 heteroatoms. The summed E-state index contributed by atoms with van der Waals surface area (Å²) in [4.78, 5) is 4.19. The second kappa shape index (κ2) is 4.89. The predicted octanol–water partition coefficient (Wildman–Crippen LogP) is 2.30. The summed E-state index contributed by atoms with van der Waals surface area (Å²) in [6, 6.07) is 2.08. The van der Waals surface area contributed by atoms with Gasteiger partial charge in [-0.1, -0.05) is 11.6 Å². The van der Waals surface area contributed by atoms with E-state index in [9.17, 15) is 0 Å². The molecule has 1 aliphatic heterocycles. The summed E-state index contributed by atoms with van der Waals surface area (Å²) in [5, 5.41) is 3.89. The molecule has 0 amide bonds. The zero-order chi connectivity index (χ0) is 11.5. The summed E-state index contributed by atoms with van der Waals surface area (Å²) >= 11 is 5.79. The molecule has 1 fully saturated rings. The van der Waals surface area contributed by atoms with E-state index in [2.05, 4.69) is 17.2 Å². The van der Waals surface area contributed by atoms with Gasteiger partial charge in [-0.05, 0) is 25.8 Å². The van der Waals surface area contributed by atoms with Crippen molar-refractivity contribution in [3.05, 3.63) is 17.3 Å². The SMILES string of the molecule is CC1CC(Nc2ncc(Cl)cc2N)CCO1. The summed E-state index contributed by atoms with van der Waals surface area (Å²) in [5.74, 6) is 0.712. The molecule has 0 aliphatic carbocycles. The molecule has 1 aromatic rings. The van der Waals surface area contributed by atoms with Crippen LogP contribution in [0.15, 0.2) is 12.3 Å². The highest BCUT2D eigenvalue weighted by atomic mass is 35.5. The molecule has 0 bridgehead atoms. The monoisotopic (exact) mass is 241 g/mol. The van der Waals surface area contributed by atoms with Crippen molar-refractivity contribution in [2.45, 2.75) is 31.9 Å². The van der Waals surface area contributed by atoms with Gasteiger partial charge in [0.1, 0.15) is 5.82 Å². The summed E-state index contributed by atoms with van der Waals surface area (Å²) in [6.45, 7) is 2.86. The highest BCUT2D eigenvalue weighted by Gasteiger charge is 2.19. The number of nitrogens with two attached hydrogens (primary N) is 1. The van der Waals surface area contributed by atoms with E-state index in [0.717, 1.165) is 19.4 Å². The van der Waals surface area contributed by atoms with E-state index in [1.165, 1.54) is 0 Å². The Hall–Kier alpha value is -1.00. The van der Waals surface area contributed by atoms with Gasteiger partial charge in [-0.15, -0.1) is 0 Å². The van der Waals surface area contributed by atoms with Crippen LogP contribution in [0.4, 0.5) is 11.5 Å². The Balaban J connectivity index is 2.02. The maximum Gasteiger partial charge on any atom is 0.149 e. The lowest BCUT2D eigenvalue weighted by Gasteiger charge is -2.28. The van der Waals surface area contributed by atoms with Crippen LogP contribution in [0.5, 0.6) is 0 Å². The minimum atomic E-state index is 0.291. The number of hydrogen-bond donors (Lipinski definition) is 2. The first-order valence-corrected chi connectivity index (χ1v) is 5.82. The van der Waals surface area contributed by atoms with Crippen molar-refractivity contribution in [3.8, 4) is 0 Å². The van der Waals surface area contributed by atoms with Crippen LogP contribution in [-0.4, -0.2) is 23.7 Å². The number of halogens is 1. The molecule has 0 aromatic carbocycles. The predicted molar refractivity (Wildman–Crippen MR) is 65.7 cm³/mol. The van der Waals surface area contributed by atoms with Gasteiger partial charge >= 0.3 is 0 Å². The van der Waals surface area contributed by atoms with Crippen molar-refractivity contribution in [2.24, 2.45) is 0 Å². The van der Waals surface area contributed by atoms with Crippen LogP contribution >= 0.6 is 11.6 Å². The quantitative estimate of drug-likeness (QED) is 0.834. The van der Waals surface area contributed by atoms with Crippen molar-refractivity contribution in [1.82, 2.24) is 4.98 Å². The van der Waals surface area contributed by atoms with Gasteiger partial charge in [0.2, 0.25) is 0 Å². The van der Waals surface area contributed by atoms with Gasteiger partial charge in [0.05, 0.1) is 16.8 Å². The first-order chi connectivity index (χ1) is 7.65. The van der Waals surface area contributed by atoms with Crippen LogP contribution < -0.4 is 11.1 Å². The summed E-state index contributed by atoms with van der Waals surface area (Å²) in [6.07, 6.45) is 3.85. The van der Waals surface area contributed by atoms with Crippen LogP contribution in [0, 0.1) is 0 Å². The Morgan fingerprint density at radius 3 is 3.12 bits per heavy atom. The molecule has 2 atom stereocenters. The maximum atomic E-state index is 5.83. The Kier molecular flexibility index (Phi) is 3.51. The zero-order valence-corrected chi connectivity index (χ0v) is 10.00. The molecule has 0 saturated carbocycles. The molecule has 2 rings (SSSR count). The van der Waals surface area contributed by atoms with E-state index in [4.69, 9.17) is 22.1 Å². The number of hydrogen-bond acceptors (Lipinski definition) is 4. The molecule has 1 aliphatic rings. The number of ether oxygens (including phenoxy) is 1. The molecule has 1 saturated heterocycles. The first-order valence-electron chi connectivity index (χ1n) is 5.44. The highest BCUT2D eigenvalue weighted by molar-refractivity contribution is 6.30. The van der Waals surface area contributed by atoms with E-state index in [1.54, 1.807) is 12.3 Å².